The summed E-state index contributed by atoms with van der Waals surface area (Å²) in [6.07, 6.45) is 7.15. The third kappa shape index (κ3) is 2.65. The van der Waals surface area contributed by atoms with Crippen LogP contribution in [0.1, 0.15) is 61.8 Å². The Hall–Kier alpha value is -0.820. The fourth-order valence-electron chi connectivity index (χ4n) is 4.59. The van der Waals surface area contributed by atoms with Crippen molar-refractivity contribution >= 4 is 0 Å². The van der Waals surface area contributed by atoms with E-state index in [0.29, 0.717) is 6.04 Å². The quantitative estimate of drug-likeness (QED) is 0.812. The standard InChI is InChI=1S/C19H29N/c1-4-9-20-19(17-10-13(2)5-6-14(17)3)18-12-15-7-8-16(18)11-15/h5-6,10,15-16,18-20H,4,7-9,11-12H2,1-3H3. The van der Waals surface area contributed by atoms with E-state index in [9.17, 15) is 0 Å². The van der Waals surface area contributed by atoms with Gasteiger partial charge >= 0.3 is 0 Å². The van der Waals surface area contributed by atoms with Crippen LogP contribution in [0.2, 0.25) is 0 Å². The summed E-state index contributed by atoms with van der Waals surface area (Å²) in [5, 5.41) is 3.88. The summed E-state index contributed by atoms with van der Waals surface area (Å²) in [6.45, 7) is 7.92. The molecule has 0 aliphatic heterocycles. The minimum Gasteiger partial charge on any atom is -0.310 e. The molecule has 0 saturated heterocycles. The van der Waals surface area contributed by atoms with Crippen molar-refractivity contribution < 1.29 is 0 Å². The zero-order chi connectivity index (χ0) is 14.1. The zero-order valence-electron chi connectivity index (χ0n) is 13.3. The molecule has 1 nitrogen and oxygen atoms in total. The van der Waals surface area contributed by atoms with Crippen LogP contribution in [-0.4, -0.2) is 6.54 Å². The number of fused-ring (bicyclic) bond motifs is 2. The van der Waals surface area contributed by atoms with E-state index < -0.39 is 0 Å². The second-order valence-electron chi connectivity index (χ2n) is 7.13. The predicted octanol–water partition coefficient (Wildman–Crippen LogP) is 4.78. The first kappa shape index (κ1) is 14.1. The first-order valence-electron chi connectivity index (χ1n) is 8.49. The van der Waals surface area contributed by atoms with Gasteiger partial charge in [-0.15, -0.1) is 0 Å². The molecule has 0 aromatic heterocycles. The van der Waals surface area contributed by atoms with Gasteiger partial charge in [0.2, 0.25) is 0 Å². The molecular formula is C19H29N. The number of aryl methyl sites for hydroxylation is 2. The summed E-state index contributed by atoms with van der Waals surface area (Å²) in [5.74, 6) is 2.89. The molecule has 110 valence electrons. The van der Waals surface area contributed by atoms with Crippen LogP contribution in [0.4, 0.5) is 0 Å². The van der Waals surface area contributed by atoms with E-state index >= 15 is 0 Å². The zero-order valence-corrected chi connectivity index (χ0v) is 13.3. The highest BCUT2D eigenvalue weighted by molar-refractivity contribution is 5.34. The van der Waals surface area contributed by atoms with Crippen molar-refractivity contribution in [2.75, 3.05) is 6.54 Å². The first-order valence-corrected chi connectivity index (χ1v) is 8.49. The fraction of sp³-hybridized carbons (Fsp3) is 0.684. The van der Waals surface area contributed by atoms with Crippen molar-refractivity contribution in [2.45, 2.75) is 58.9 Å². The molecule has 2 aliphatic carbocycles. The SMILES string of the molecule is CCCNC(c1cc(C)ccc1C)C1CC2CCC1C2. The van der Waals surface area contributed by atoms with Crippen LogP contribution in [0, 0.1) is 31.6 Å². The minimum absolute atomic E-state index is 0.588. The number of nitrogens with one attached hydrogen (secondary N) is 1. The highest BCUT2D eigenvalue weighted by Gasteiger charge is 2.43. The van der Waals surface area contributed by atoms with Gasteiger partial charge in [-0.1, -0.05) is 37.1 Å². The normalized spacial score (nSPS) is 29.9. The molecule has 0 amide bonds. The van der Waals surface area contributed by atoms with Crippen molar-refractivity contribution in [3.63, 3.8) is 0 Å². The second kappa shape index (κ2) is 5.89. The maximum absolute atomic E-state index is 3.88. The van der Waals surface area contributed by atoms with Gasteiger partial charge in [0.1, 0.15) is 0 Å². The molecule has 2 aliphatic rings. The van der Waals surface area contributed by atoms with Gasteiger partial charge in [0.05, 0.1) is 0 Å². The second-order valence-corrected chi connectivity index (χ2v) is 7.13. The lowest BCUT2D eigenvalue weighted by Crippen LogP contribution is -2.32. The van der Waals surface area contributed by atoms with Gasteiger partial charge in [0, 0.05) is 6.04 Å². The molecule has 1 heteroatoms. The van der Waals surface area contributed by atoms with Crippen LogP contribution >= 0.6 is 0 Å². The lowest BCUT2D eigenvalue weighted by molar-refractivity contribution is 0.250. The summed E-state index contributed by atoms with van der Waals surface area (Å²) < 4.78 is 0. The molecule has 3 rings (SSSR count). The topological polar surface area (TPSA) is 12.0 Å². The van der Waals surface area contributed by atoms with Gasteiger partial charge in [-0.25, -0.2) is 0 Å². The molecular weight excluding hydrogens is 242 g/mol. The summed E-state index contributed by atoms with van der Waals surface area (Å²) >= 11 is 0. The maximum Gasteiger partial charge on any atom is 0.0354 e. The van der Waals surface area contributed by atoms with Crippen molar-refractivity contribution in [2.24, 2.45) is 17.8 Å². The molecule has 1 aromatic carbocycles. The van der Waals surface area contributed by atoms with Crippen LogP contribution in [0.15, 0.2) is 18.2 Å². The third-order valence-electron chi connectivity index (χ3n) is 5.60. The summed E-state index contributed by atoms with van der Waals surface area (Å²) in [7, 11) is 0. The van der Waals surface area contributed by atoms with Gasteiger partial charge in [-0.2, -0.15) is 0 Å². The molecule has 20 heavy (non-hydrogen) atoms. The first-order chi connectivity index (χ1) is 9.69. The van der Waals surface area contributed by atoms with Crippen LogP contribution in [0.5, 0.6) is 0 Å². The molecule has 0 heterocycles. The highest BCUT2D eigenvalue weighted by atomic mass is 14.9. The third-order valence-corrected chi connectivity index (χ3v) is 5.60. The van der Waals surface area contributed by atoms with Crippen LogP contribution in [0.3, 0.4) is 0 Å². The van der Waals surface area contributed by atoms with E-state index in [1.54, 1.807) is 5.56 Å². The largest absolute Gasteiger partial charge is 0.310 e. The van der Waals surface area contributed by atoms with Gasteiger partial charge in [0.15, 0.2) is 0 Å². The summed E-state index contributed by atoms with van der Waals surface area (Å²) in [5.41, 5.74) is 4.43. The molecule has 1 aromatic rings. The van der Waals surface area contributed by atoms with E-state index in [2.05, 4.69) is 44.3 Å². The van der Waals surface area contributed by atoms with E-state index in [1.807, 2.05) is 0 Å². The lowest BCUT2D eigenvalue weighted by atomic mass is 9.79. The van der Waals surface area contributed by atoms with Crippen molar-refractivity contribution in [1.29, 1.82) is 0 Å². The van der Waals surface area contributed by atoms with Crippen molar-refractivity contribution in [1.82, 2.24) is 5.32 Å². The fourth-order valence-corrected chi connectivity index (χ4v) is 4.59. The monoisotopic (exact) mass is 271 g/mol. The summed E-state index contributed by atoms with van der Waals surface area (Å²) in [4.78, 5) is 0. The van der Waals surface area contributed by atoms with Crippen LogP contribution < -0.4 is 5.32 Å². The number of rotatable bonds is 5. The Bertz CT molecular complexity index is 465. The van der Waals surface area contributed by atoms with Crippen molar-refractivity contribution in [3.05, 3.63) is 34.9 Å². The smallest absolute Gasteiger partial charge is 0.0354 e. The average Bonchev–Trinajstić information content (AvgIpc) is 3.05. The Balaban J connectivity index is 1.87. The Morgan fingerprint density at radius 2 is 2.05 bits per heavy atom. The van der Waals surface area contributed by atoms with Gasteiger partial charge in [0.25, 0.3) is 0 Å². The number of hydrogen-bond acceptors (Lipinski definition) is 1. The van der Waals surface area contributed by atoms with Crippen molar-refractivity contribution in [3.8, 4) is 0 Å². The highest BCUT2D eigenvalue weighted by Crippen LogP contribution is 2.52. The molecule has 1 N–H and O–H groups in total. The maximum atomic E-state index is 3.88. The Morgan fingerprint density at radius 3 is 2.70 bits per heavy atom. The molecule has 2 fully saturated rings. The molecule has 0 radical (unpaired) electrons. The molecule has 2 bridgehead atoms. The van der Waals surface area contributed by atoms with E-state index in [-0.39, 0.29) is 0 Å². The molecule has 4 atom stereocenters. The number of hydrogen-bond donors (Lipinski definition) is 1. The Kier molecular flexibility index (Phi) is 4.16. The molecule has 2 saturated carbocycles. The predicted molar refractivity (Wildman–Crippen MR) is 85.9 cm³/mol. The molecule has 0 spiro atoms. The van der Waals surface area contributed by atoms with Gasteiger partial charge < -0.3 is 5.32 Å². The lowest BCUT2D eigenvalue weighted by Gasteiger charge is -2.33. The van der Waals surface area contributed by atoms with Crippen LogP contribution in [-0.2, 0) is 0 Å². The minimum atomic E-state index is 0.588. The van der Waals surface area contributed by atoms with E-state index in [0.717, 1.165) is 24.3 Å². The average molecular weight is 271 g/mol. The number of benzene rings is 1. The van der Waals surface area contributed by atoms with E-state index in [1.165, 1.54) is 43.2 Å². The summed E-state index contributed by atoms with van der Waals surface area (Å²) in [6, 6.07) is 7.56. The van der Waals surface area contributed by atoms with Gasteiger partial charge in [-0.05, 0) is 75.0 Å². The van der Waals surface area contributed by atoms with Crippen LogP contribution in [0.25, 0.3) is 0 Å². The Morgan fingerprint density at radius 1 is 1.20 bits per heavy atom. The Labute approximate surface area is 124 Å². The van der Waals surface area contributed by atoms with E-state index in [4.69, 9.17) is 0 Å². The molecule has 4 unspecified atom stereocenters. The van der Waals surface area contributed by atoms with Gasteiger partial charge in [-0.3, -0.25) is 0 Å².